The fraction of sp³-hybridized carbons (Fsp3) is 0.231. The van der Waals surface area contributed by atoms with E-state index in [-0.39, 0.29) is 12.7 Å². The summed E-state index contributed by atoms with van der Waals surface area (Å²) in [6, 6.07) is 11.4. The van der Waals surface area contributed by atoms with Gasteiger partial charge in [-0.15, -0.1) is 11.3 Å². The molecule has 1 unspecified atom stereocenters. The van der Waals surface area contributed by atoms with Crippen LogP contribution in [-0.2, 0) is 6.61 Å². The van der Waals surface area contributed by atoms with Crippen molar-refractivity contribution in [3.63, 3.8) is 0 Å². The van der Waals surface area contributed by atoms with Gasteiger partial charge in [0.05, 0.1) is 10.4 Å². The third-order valence-corrected chi connectivity index (χ3v) is 4.25. The van der Waals surface area contributed by atoms with Crippen molar-refractivity contribution in [1.29, 1.82) is 0 Å². The Morgan fingerprint density at radius 3 is 2.67 bits per heavy atom. The highest BCUT2D eigenvalue weighted by Crippen LogP contribution is 2.31. The minimum absolute atomic E-state index is 0.0401. The average Bonchev–Trinajstić information content (AvgIpc) is 2.83. The van der Waals surface area contributed by atoms with Crippen LogP contribution in [0.2, 0.25) is 0 Å². The highest BCUT2D eigenvalue weighted by molar-refractivity contribution is 9.11. The van der Waals surface area contributed by atoms with Gasteiger partial charge in [0.1, 0.15) is 11.9 Å². The lowest BCUT2D eigenvalue weighted by molar-refractivity contribution is 0.206. The van der Waals surface area contributed by atoms with Crippen molar-refractivity contribution in [2.45, 2.75) is 12.7 Å². The second-order valence-electron chi connectivity index (χ2n) is 3.75. The number of halogens is 1. The van der Waals surface area contributed by atoms with Crippen molar-refractivity contribution in [2.24, 2.45) is 5.73 Å². The van der Waals surface area contributed by atoms with Crippen LogP contribution in [0.15, 0.2) is 40.2 Å². The van der Waals surface area contributed by atoms with E-state index in [0.717, 1.165) is 14.2 Å². The van der Waals surface area contributed by atoms with Crippen LogP contribution in [0.3, 0.4) is 0 Å². The molecule has 1 aromatic carbocycles. The zero-order valence-electron chi connectivity index (χ0n) is 9.67. The SMILES string of the molecule is NCC(Oc1ccccc1CO)c1ccc(Br)s1. The zero-order valence-corrected chi connectivity index (χ0v) is 12.1. The number of benzene rings is 1. The molecule has 0 aliphatic carbocycles. The van der Waals surface area contributed by atoms with Crippen molar-refractivity contribution in [2.75, 3.05) is 6.54 Å². The molecule has 2 aromatic rings. The maximum Gasteiger partial charge on any atom is 0.145 e. The van der Waals surface area contributed by atoms with Crippen molar-refractivity contribution in [3.8, 4) is 5.75 Å². The third kappa shape index (κ3) is 3.11. The predicted octanol–water partition coefficient (Wildman–Crippen LogP) is 3.08. The van der Waals surface area contributed by atoms with Gasteiger partial charge in [-0.3, -0.25) is 0 Å². The smallest absolute Gasteiger partial charge is 0.145 e. The van der Waals surface area contributed by atoms with Gasteiger partial charge in [0.25, 0.3) is 0 Å². The maximum absolute atomic E-state index is 9.26. The van der Waals surface area contributed by atoms with E-state index in [2.05, 4.69) is 15.9 Å². The number of ether oxygens (including phenoxy) is 1. The minimum Gasteiger partial charge on any atom is -0.483 e. The van der Waals surface area contributed by atoms with Gasteiger partial charge in [0.15, 0.2) is 0 Å². The largest absolute Gasteiger partial charge is 0.483 e. The van der Waals surface area contributed by atoms with E-state index in [9.17, 15) is 5.11 Å². The second kappa shape index (κ2) is 6.33. The van der Waals surface area contributed by atoms with Crippen LogP contribution in [0.1, 0.15) is 16.5 Å². The molecule has 0 aliphatic rings. The second-order valence-corrected chi connectivity index (χ2v) is 6.24. The van der Waals surface area contributed by atoms with Gasteiger partial charge >= 0.3 is 0 Å². The summed E-state index contributed by atoms with van der Waals surface area (Å²) < 4.78 is 6.94. The number of thiophene rings is 1. The summed E-state index contributed by atoms with van der Waals surface area (Å²) in [7, 11) is 0. The summed E-state index contributed by atoms with van der Waals surface area (Å²) in [5.74, 6) is 0.681. The topological polar surface area (TPSA) is 55.5 Å². The van der Waals surface area contributed by atoms with Crippen LogP contribution in [0.4, 0.5) is 0 Å². The van der Waals surface area contributed by atoms with Crippen LogP contribution < -0.4 is 10.5 Å². The van der Waals surface area contributed by atoms with Crippen LogP contribution in [0, 0.1) is 0 Å². The lowest BCUT2D eigenvalue weighted by atomic mass is 10.2. The molecule has 0 fully saturated rings. The molecule has 1 atom stereocenters. The Morgan fingerprint density at radius 1 is 1.28 bits per heavy atom. The molecule has 96 valence electrons. The van der Waals surface area contributed by atoms with Gasteiger partial charge in [0.2, 0.25) is 0 Å². The van der Waals surface area contributed by atoms with Gasteiger partial charge < -0.3 is 15.6 Å². The Bertz CT molecular complexity index is 515. The van der Waals surface area contributed by atoms with Gasteiger partial charge in [-0.25, -0.2) is 0 Å². The summed E-state index contributed by atoms with van der Waals surface area (Å²) in [6.45, 7) is 0.355. The molecule has 0 spiro atoms. The number of rotatable bonds is 5. The predicted molar refractivity (Wildman–Crippen MR) is 76.8 cm³/mol. The molecule has 5 heteroatoms. The average molecular weight is 328 g/mol. The Balaban J connectivity index is 2.20. The first kappa shape index (κ1) is 13.5. The number of para-hydroxylation sites is 1. The van der Waals surface area contributed by atoms with Crippen molar-refractivity contribution >= 4 is 27.3 Å². The fourth-order valence-electron chi connectivity index (χ4n) is 1.63. The molecule has 18 heavy (non-hydrogen) atoms. The lowest BCUT2D eigenvalue weighted by Gasteiger charge is -2.18. The van der Waals surface area contributed by atoms with Gasteiger partial charge in [0, 0.05) is 17.0 Å². The molecule has 1 aromatic heterocycles. The zero-order chi connectivity index (χ0) is 13.0. The molecule has 0 radical (unpaired) electrons. The number of hydrogen-bond acceptors (Lipinski definition) is 4. The monoisotopic (exact) mass is 327 g/mol. The standard InChI is InChI=1S/C13H14BrNO2S/c14-13-6-5-12(18-13)11(7-15)17-10-4-2-1-3-9(10)8-16/h1-6,11,16H,7-8,15H2. The van der Waals surface area contributed by atoms with E-state index in [1.54, 1.807) is 11.3 Å². The van der Waals surface area contributed by atoms with Crippen LogP contribution in [-0.4, -0.2) is 11.7 Å². The molecule has 2 rings (SSSR count). The summed E-state index contributed by atoms with van der Waals surface area (Å²) in [5.41, 5.74) is 6.53. The van der Waals surface area contributed by atoms with Crippen LogP contribution >= 0.6 is 27.3 Å². The Morgan fingerprint density at radius 2 is 2.06 bits per heavy atom. The van der Waals surface area contributed by atoms with Gasteiger partial charge in [-0.2, -0.15) is 0 Å². The fourth-order valence-corrected chi connectivity index (χ4v) is 3.09. The summed E-state index contributed by atoms with van der Waals surface area (Å²) in [6.07, 6.45) is -0.186. The first-order valence-electron chi connectivity index (χ1n) is 5.55. The minimum atomic E-state index is -0.186. The van der Waals surface area contributed by atoms with Crippen molar-refractivity contribution in [3.05, 3.63) is 50.6 Å². The van der Waals surface area contributed by atoms with E-state index >= 15 is 0 Å². The number of aliphatic hydroxyl groups is 1. The third-order valence-electron chi connectivity index (χ3n) is 2.54. The molecule has 0 amide bonds. The van der Waals surface area contributed by atoms with E-state index in [1.807, 2.05) is 36.4 Å². The van der Waals surface area contributed by atoms with Crippen molar-refractivity contribution < 1.29 is 9.84 Å². The van der Waals surface area contributed by atoms with E-state index < -0.39 is 0 Å². The lowest BCUT2D eigenvalue weighted by Crippen LogP contribution is -2.18. The molecule has 1 heterocycles. The van der Waals surface area contributed by atoms with E-state index in [1.165, 1.54) is 0 Å². The van der Waals surface area contributed by atoms with Gasteiger partial charge in [-0.05, 0) is 34.1 Å². The van der Waals surface area contributed by atoms with E-state index in [0.29, 0.717) is 12.3 Å². The molecule has 3 nitrogen and oxygen atoms in total. The molecule has 0 bridgehead atoms. The molecular formula is C13H14BrNO2S. The summed E-state index contributed by atoms with van der Waals surface area (Å²) in [4.78, 5) is 1.07. The summed E-state index contributed by atoms with van der Waals surface area (Å²) >= 11 is 5.03. The van der Waals surface area contributed by atoms with E-state index in [4.69, 9.17) is 10.5 Å². The Labute approximate surface area is 118 Å². The quantitative estimate of drug-likeness (QED) is 0.887. The first-order valence-corrected chi connectivity index (χ1v) is 7.16. The summed E-state index contributed by atoms with van der Waals surface area (Å²) in [5, 5.41) is 9.26. The molecule has 0 aliphatic heterocycles. The normalized spacial score (nSPS) is 12.4. The molecular weight excluding hydrogens is 314 g/mol. The number of hydrogen-bond donors (Lipinski definition) is 2. The maximum atomic E-state index is 9.26. The first-order chi connectivity index (χ1) is 8.74. The van der Waals surface area contributed by atoms with Crippen LogP contribution in [0.25, 0.3) is 0 Å². The Hall–Kier alpha value is -0.880. The Kier molecular flexibility index (Phi) is 4.77. The van der Waals surface area contributed by atoms with Gasteiger partial charge in [-0.1, -0.05) is 18.2 Å². The number of nitrogens with two attached hydrogens (primary N) is 1. The van der Waals surface area contributed by atoms with Crippen molar-refractivity contribution in [1.82, 2.24) is 0 Å². The molecule has 3 N–H and O–H groups in total. The van der Waals surface area contributed by atoms with Crippen LogP contribution in [0.5, 0.6) is 5.75 Å². The molecule has 0 saturated heterocycles. The number of aliphatic hydroxyl groups excluding tert-OH is 1. The highest BCUT2D eigenvalue weighted by atomic mass is 79.9. The highest BCUT2D eigenvalue weighted by Gasteiger charge is 2.15. The molecule has 0 saturated carbocycles.